The number of carbonyl (C=O) groups excluding carboxylic acids is 1. The average molecular weight is 369 g/mol. The van der Waals surface area contributed by atoms with Crippen LogP contribution in [0.3, 0.4) is 0 Å². The Kier molecular flexibility index (Phi) is 6.80. The molecule has 1 aromatic rings. The molecule has 25 heavy (non-hydrogen) atoms. The summed E-state index contributed by atoms with van der Waals surface area (Å²) >= 11 is 0. The second-order valence-electron chi connectivity index (χ2n) is 6.44. The molecule has 0 aliphatic carbocycles. The van der Waals surface area contributed by atoms with Crippen molar-refractivity contribution in [2.75, 3.05) is 40.3 Å². The highest BCUT2D eigenvalue weighted by molar-refractivity contribution is 7.86. The van der Waals surface area contributed by atoms with Gasteiger partial charge in [-0.05, 0) is 31.9 Å². The number of carbonyl (C=O) groups is 1. The molecule has 0 spiro atoms. The maximum absolute atomic E-state index is 12.3. The maximum atomic E-state index is 12.3. The largest absolute Gasteiger partial charge is 0.492 e. The lowest BCUT2D eigenvalue weighted by Gasteiger charge is -2.32. The quantitative estimate of drug-likeness (QED) is 0.728. The fourth-order valence-corrected chi connectivity index (χ4v) is 3.91. The number of ether oxygens (including phenoxy) is 1. The summed E-state index contributed by atoms with van der Waals surface area (Å²) in [6.45, 7) is 3.46. The third kappa shape index (κ3) is 5.42. The zero-order valence-electron chi connectivity index (χ0n) is 15.1. The summed E-state index contributed by atoms with van der Waals surface area (Å²) in [6, 6.07) is 7.72. The summed E-state index contributed by atoms with van der Waals surface area (Å²) < 4.78 is 32.5. The monoisotopic (exact) mass is 369 g/mol. The summed E-state index contributed by atoms with van der Waals surface area (Å²) in [5.74, 6) is 0.328. The minimum atomic E-state index is -3.47. The fraction of sp³-hybridized carbons (Fsp3) is 0.588. The van der Waals surface area contributed by atoms with E-state index in [0.717, 1.165) is 11.3 Å². The van der Waals surface area contributed by atoms with Crippen molar-refractivity contribution in [1.82, 2.24) is 13.9 Å². The van der Waals surface area contributed by atoms with Crippen LogP contribution in [0.1, 0.15) is 18.4 Å². The molecule has 1 unspecified atom stereocenters. The van der Waals surface area contributed by atoms with E-state index in [-0.39, 0.29) is 18.4 Å². The lowest BCUT2D eigenvalue weighted by Crippen LogP contribution is -2.49. The molecule has 1 N–H and O–H groups in total. The Labute approximate surface area is 150 Å². The second kappa shape index (κ2) is 8.64. The van der Waals surface area contributed by atoms with Gasteiger partial charge in [0.2, 0.25) is 5.91 Å². The van der Waals surface area contributed by atoms with Crippen LogP contribution in [0.4, 0.5) is 0 Å². The van der Waals surface area contributed by atoms with Crippen molar-refractivity contribution in [3.63, 3.8) is 0 Å². The fourth-order valence-electron chi connectivity index (χ4n) is 2.72. The first-order valence-corrected chi connectivity index (χ1v) is 9.85. The molecule has 1 fully saturated rings. The van der Waals surface area contributed by atoms with Crippen LogP contribution in [0.5, 0.6) is 5.75 Å². The van der Waals surface area contributed by atoms with Crippen molar-refractivity contribution in [3.8, 4) is 5.75 Å². The van der Waals surface area contributed by atoms with E-state index in [1.807, 2.05) is 31.2 Å². The van der Waals surface area contributed by atoms with E-state index in [0.29, 0.717) is 32.5 Å². The highest BCUT2D eigenvalue weighted by atomic mass is 32.2. The van der Waals surface area contributed by atoms with E-state index in [1.165, 1.54) is 22.7 Å². The van der Waals surface area contributed by atoms with E-state index < -0.39 is 10.2 Å². The number of hydrogen-bond donors (Lipinski definition) is 1. The molecular formula is C17H27N3O4S. The van der Waals surface area contributed by atoms with Crippen LogP contribution < -0.4 is 10.1 Å². The van der Waals surface area contributed by atoms with Gasteiger partial charge in [0.15, 0.2) is 0 Å². The van der Waals surface area contributed by atoms with Crippen molar-refractivity contribution < 1.29 is 17.9 Å². The van der Waals surface area contributed by atoms with E-state index in [1.54, 1.807) is 0 Å². The van der Waals surface area contributed by atoms with Crippen molar-refractivity contribution in [2.24, 2.45) is 5.92 Å². The number of benzene rings is 1. The summed E-state index contributed by atoms with van der Waals surface area (Å²) in [4.78, 5) is 12.3. The van der Waals surface area contributed by atoms with Crippen molar-refractivity contribution in [1.29, 1.82) is 0 Å². The molecule has 1 atom stereocenters. The van der Waals surface area contributed by atoms with Crippen molar-refractivity contribution in [3.05, 3.63) is 29.8 Å². The van der Waals surface area contributed by atoms with Gasteiger partial charge in [0.05, 0.1) is 12.5 Å². The van der Waals surface area contributed by atoms with Gasteiger partial charge in [-0.3, -0.25) is 4.79 Å². The van der Waals surface area contributed by atoms with E-state index >= 15 is 0 Å². The Bertz CT molecular complexity index is 674. The molecule has 1 saturated heterocycles. The van der Waals surface area contributed by atoms with Crippen LogP contribution in [-0.4, -0.2) is 63.3 Å². The zero-order chi connectivity index (χ0) is 18.4. The maximum Gasteiger partial charge on any atom is 0.281 e. The lowest BCUT2D eigenvalue weighted by atomic mass is 9.99. The van der Waals surface area contributed by atoms with E-state index in [4.69, 9.17) is 4.74 Å². The summed E-state index contributed by atoms with van der Waals surface area (Å²) in [5, 5.41) is 2.84. The molecule has 1 heterocycles. The first-order valence-electron chi connectivity index (χ1n) is 8.45. The highest BCUT2D eigenvalue weighted by Gasteiger charge is 2.33. The van der Waals surface area contributed by atoms with Gasteiger partial charge in [-0.25, -0.2) is 0 Å². The lowest BCUT2D eigenvalue weighted by molar-refractivity contribution is -0.126. The Morgan fingerprint density at radius 3 is 2.64 bits per heavy atom. The molecule has 1 aliphatic rings. The van der Waals surface area contributed by atoms with Crippen LogP contribution in [0.25, 0.3) is 0 Å². The van der Waals surface area contributed by atoms with E-state index in [9.17, 15) is 13.2 Å². The SMILES string of the molecule is Cc1ccc(OCCNC(=O)C2CCCN(S(=O)(=O)N(C)C)C2)cc1. The number of piperidine rings is 1. The van der Waals surface area contributed by atoms with Gasteiger partial charge in [-0.2, -0.15) is 17.0 Å². The third-order valence-corrected chi connectivity index (χ3v) is 6.14. The molecular weight excluding hydrogens is 342 g/mol. The Morgan fingerprint density at radius 2 is 2.00 bits per heavy atom. The van der Waals surface area contributed by atoms with Crippen molar-refractivity contribution >= 4 is 16.1 Å². The predicted molar refractivity (Wildman–Crippen MR) is 96.6 cm³/mol. The smallest absolute Gasteiger partial charge is 0.281 e. The highest BCUT2D eigenvalue weighted by Crippen LogP contribution is 2.20. The molecule has 1 aromatic carbocycles. The van der Waals surface area contributed by atoms with Crippen LogP contribution >= 0.6 is 0 Å². The van der Waals surface area contributed by atoms with E-state index in [2.05, 4.69) is 5.32 Å². The molecule has 2 rings (SSSR count). The summed E-state index contributed by atoms with van der Waals surface area (Å²) in [6.07, 6.45) is 1.38. The third-order valence-electron chi connectivity index (χ3n) is 4.23. The molecule has 0 radical (unpaired) electrons. The summed E-state index contributed by atoms with van der Waals surface area (Å²) in [5.41, 5.74) is 1.16. The zero-order valence-corrected chi connectivity index (χ0v) is 15.9. The Balaban J connectivity index is 1.77. The van der Waals surface area contributed by atoms with Gasteiger partial charge < -0.3 is 10.1 Å². The standard InChI is InChI=1S/C17H27N3O4S/c1-14-6-8-16(9-7-14)24-12-10-18-17(21)15-5-4-11-20(13-15)25(22,23)19(2)3/h6-9,15H,4-5,10-13H2,1-3H3,(H,18,21). The summed E-state index contributed by atoms with van der Waals surface area (Å²) in [7, 11) is -0.466. The van der Waals surface area contributed by atoms with Gasteiger partial charge in [0.25, 0.3) is 10.2 Å². The van der Waals surface area contributed by atoms with Crippen LogP contribution in [0, 0.1) is 12.8 Å². The number of hydrogen-bond acceptors (Lipinski definition) is 4. The van der Waals surface area contributed by atoms with Gasteiger partial charge >= 0.3 is 0 Å². The second-order valence-corrected chi connectivity index (χ2v) is 8.58. The van der Waals surface area contributed by atoms with Gasteiger partial charge in [0.1, 0.15) is 12.4 Å². The molecule has 8 heteroatoms. The molecule has 0 bridgehead atoms. The minimum Gasteiger partial charge on any atom is -0.492 e. The van der Waals surface area contributed by atoms with Gasteiger partial charge in [0, 0.05) is 27.2 Å². The molecule has 0 saturated carbocycles. The molecule has 1 aliphatic heterocycles. The molecule has 0 aromatic heterocycles. The Morgan fingerprint density at radius 1 is 1.32 bits per heavy atom. The average Bonchev–Trinajstić information content (AvgIpc) is 2.60. The predicted octanol–water partition coefficient (Wildman–Crippen LogP) is 1.01. The Hall–Kier alpha value is -1.64. The van der Waals surface area contributed by atoms with Gasteiger partial charge in [-0.1, -0.05) is 17.7 Å². The number of nitrogens with zero attached hydrogens (tertiary/aromatic N) is 2. The molecule has 7 nitrogen and oxygen atoms in total. The number of rotatable bonds is 7. The first kappa shape index (κ1) is 19.7. The van der Waals surface area contributed by atoms with Gasteiger partial charge in [-0.15, -0.1) is 0 Å². The van der Waals surface area contributed by atoms with Crippen LogP contribution in [0.2, 0.25) is 0 Å². The first-order chi connectivity index (χ1) is 11.8. The number of nitrogens with one attached hydrogen (secondary N) is 1. The minimum absolute atomic E-state index is 0.119. The van der Waals surface area contributed by atoms with Crippen LogP contribution in [-0.2, 0) is 15.0 Å². The number of amides is 1. The molecule has 1 amide bonds. The normalized spacial score (nSPS) is 19.0. The topological polar surface area (TPSA) is 79.0 Å². The molecule has 140 valence electrons. The number of aryl methyl sites for hydroxylation is 1. The van der Waals surface area contributed by atoms with Crippen molar-refractivity contribution in [2.45, 2.75) is 19.8 Å². The van der Waals surface area contributed by atoms with Crippen LogP contribution in [0.15, 0.2) is 24.3 Å².